The predicted octanol–water partition coefficient (Wildman–Crippen LogP) is 17.7. The lowest BCUT2D eigenvalue weighted by atomic mass is 9.92. The lowest BCUT2D eigenvalue weighted by Gasteiger charge is -2.30. The predicted molar refractivity (Wildman–Crippen MR) is 268 cm³/mol. The molecule has 11 aromatic carbocycles. The summed E-state index contributed by atoms with van der Waals surface area (Å²) in [7, 11) is 0. The second kappa shape index (κ2) is 15.0. The Morgan fingerprint density at radius 2 is 0.823 bits per heavy atom. The average molecular weight is 806 g/mol. The molecule has 290 valence electrons. The number of hydrogen-bond acceptors (Lipinski definition) is 2. The van der Waals surface area contributed by atoms with E-state index in [-0.39, 0.29) is 0 Å². The molecule has 0 atom stereocenters. The lowest BCUT2D eigenvalue weighted by molar-refractivity contribution is 1.31. The quantitative estimate of drug-likeness (QED) is 0.145. The molecule has 0 N–H and O–H groups in total. The molecular weight excluding hydrogens is 767 g/mol. The normalized spacial score (nSPS) is 11.5. The molecule has 1 heterocycles. The molecule has 0 unspecified atom stereocenters. The summed E-state index contributed by atoms with van der Waals surface area (Å²) >= 11 is 1.88. The van der Waals surface area contributed by atoms with Crippen LogP contribution in [-0.2, 0) is 0 Å². The molecule has 62 heavy (non-hydrogen) atoms. The first-order valence-electron chi connectivity index (χ1n) is 21.3. The molecule has 0 aliphatic carbocycles. The second-order valence-corrected chi connectivity index (χ2v) is 17.1. The van der Waals surface area contributed by atoms with E-state index in [1.807, 2.05) is 11.3 Å². The summed E-state index contributed by atoms with van der Waals surface area (Å²) in [5.41, 5.74) is 13.0. The van der Waals surface area contributed by atoms with Gasteiger partial charge in [-0.15, -0.1) is 11.3 Å². The van der Waals surface area contributed by atoms with Gasteiger partial charge in [-0.2, -0.15) is 0 Å². The number of rotatable bonds is 7. The van der Waals surface area contributed by atoms with Crippen LogP contribution in [0.25, 0.3) is 97.0 Å². The van der Waals surface area contributed by atoms with E-state index in [1.165, 1.54) is 91.6 Å². The van der Waals surface area contributed by atoms with Gasteiger partial charge in [0.1, 0.15) is 0 Å². The van der Waals surface area contributed by atoms with E-state index >= 15 is 0 Å². The monoisotopic (exact) mass is 805 g/mol. The van der Waals surface area contributed by atoms with Gasteiger partial charge in [0.2, 0.25) is 0 Å². The van der Waals surface area contributed by atoms with Crippen molar-refractivity contribution in [3.63, 3.8) is 0 Å². The van der Waals surface area contributed by atoms with Crippen LogP contribution < -0.4 is 4.90 Å². The van der Waals surface area contributed by atoms with Crippen LogP contribution in [0.2, 0.25) is 0 Å². The first-order valence-corrected chi connectivity index (χ1v) is 22.1. The summed E-state index contributed by atoms with van der Waals surface area (Å²) in [5.74, 6) is 0. The molecular formula is C60H39NS. The Morgan fingerprint density at radius 3 is 1.56 bits per heavy atom. The summed E-state index contributed by atoms with van der Waals surface area (Å²) < 4.78 is 2.56. The van der Waals surface area contributed by atoms with Crippen molar-refractivity contribution in [2.45, 2.75) is 0 Å². The van der Waals surface area contributed by atoms with E-state index in [1.54, 1.807) is 0 Å². The number of anilines is 3. The van der Waals surface area contributed by atoms with Crippen molar-refractivity contribution in [3.05, 3.63) is 237 Å². The summed E-state index contributed by atoms with van der Waals surface area (Å²) in [4.78, 5) is 2.54. The summed E-state index contributed by atoms with van der Waals surface area (Å²) in [5, 5.41) is 10.1. The minimum atomic E-state index is 1.10. The number of hydrogen-bond donors (Lipinski definition) is 0. The van der Waals surface area contributed by atoms with E-state index in [2.05, 4.69) is 241 Å². The van der Waals surface area contributed by atoms with E-state index in [4.69, 9.17) is 0 Å². The molecule has 12 rings (SSSR count). The Balaban J connectivity index is 1.11. The number of fused-ring (bicyclic) bond motifs is 7. The number of benzene rings is 11. The zero-order chi connectivity index (χ0) is 41.0. The van der Waals surface area contributed by atoms with Gasteiger partial charge in [0.25, 0.3) is 0 Å². The van der Waals surface area contributed by atoms with Gasteiger partial charge >= 0.3 is 0 Å². The van der Waals surface area contributed by atoms with Crippen LogP contribution in [0, 0.1) is 0 Å². The third kappa shape index (κ3) is 6.07. The molecule has 0 saturated carbocycles. The maximum atomic E-state index is 2.54. The van der Waals surface area contributed by atoms with Gasteiger partial charge in [-0.25, -0.2) is 0 Å². The summed E-state index contributed by atoms with van der Waals surface area (Å²) in [6, 6.07) is 86.8. The SMILES string of the molecule is c1ccc(-c2ccc(N(c3ccccc3-c3ccc(-c4cc5ccccc5c5ccccc45)cc3)c3c4ccccc4cc4c3sc3ccccc34)cc2-c2ccccc2)cc1. The Morgan fingerprint density at radius 1 is 0.290 bits per heavy atom. The van der Waals surface area contributed by atoms with Crippen LogP contribution in [0.4, 0.5) is 17.1 Å². The average Bonchev–Trinajstić information content (AvgIpc) is 3.72. The van der Waals surface area contributed by atoms with Gasteiger partial charge in [0.15, 0.2) is 0 Å². The molecule has 1 aromatic heterocycles. The number of nitrogens with zero attached hydrogens (tertiary/aromatic N) is 1. The van der Waals surface area contributed by atoms with Crippen molar-refractivity contribution in [1.29, 1.82) is 0 Å². The molecule has 0 aliphatic rings. The molecule has 0 bridgehead atoms. The fraction of sp³-hybridized carbons (Fsp3) is 0. The molecule has 0 saturated heterocycles. The lowest BCUT2D eigenvalue weighted by Crippen LogP contribution is -2.12. The third-order valence-electron chi connectivity index (χ3n) is 12.4. The Labute approximate surface area is 365 Å². The molecule has 0 fully saturated rings. The zero-order valence-electron chi connectivity index (χ0n) is 33.9. The number of para-hydroxylation sites is 1. The van der Waals surface area contributed by atoms with E-state index in [9.17, 15) is 0 Å². The zero-order valence-corrected chi connectivity index (χ0v) is 34.7. The van der Waals surface area contributed by atoms with Crippen molar-refractivity contribution < 1.29 is 0 Å². The fourth-order valence-corrected chi connectivity index (χ4v) is 10.8. The number of thiophene rings is 1. The Bertz CT molecular complexity index is 3620. The van der Waals surface area contributed by atoms with Crippen LogP contribution in [0.5, 0.6) is 0 Å². The van der Waals surface area contributed by atoms with Crippen molar-refractivity contribution in [1.82, 2.24) is 0 Å². The van der Waals surface area contributed by atoms with Crippen molar-refractivity contribution >= 4 is 80.9 Å². The van der Waals surface area contributed by atoms with Gasteiger partial charge in [0.05, 0.1) is 16.1 Å². The highest BCUT2D eigenvalue weighted by Crippen LogP contribution is 2.51. The molecule has 0 radical (unpaired) electrons. The fourth-order valence-electron chi connectivity index (χ4n) is 9.54. The summed E-state index contributed by atoms with van der Waals surface area (Å²) in [6.45, 7) is 0. The molecule has 12 aromatic rings. The summed E-state index contributed by atoms with van der Waals surface area (Å²) in [6.07, 6.45) is 0. The van der Waals surface area contributed by atoms with Crippen molar-refractivity contribution in [2.75, 3.05) is 4.90 Å². The van der Waals surface area contributed by atoms with Crippen LogP contribution in [-0.4, -0.2) is 0 Å². The first-order chi connectivity index (χ1) is 30.8. The van der Waals surface area contributed by atoms with Crippen molar-refractivity contribution in [3.8, 4) is 44.5 Å². The van der Waals surface area contributed by atoms with Gasteiger partial charge in [-0.05, 0) is 102 Å². The molecule has 0 amide bonds. The third-order valence-corrected chi connectivity index (χ3v) is 13.6. The van der Waals surface area contributed by atoms with Crippen LogP contribution in [0.1, 0.15) is 0 Å². The van der Waals surface area contributed by atoms with Crippen molar-refractivity contribution in [2.24, 2.45) is 0 Å². The van der Waals surface area contributed by atoms with E-state index in [0.29, 0.717) is 0 Å². The molecule has 1 nitrogen and oxygen atoms in total. The van der Waals surface area contributed by atoms with Gasteiger partial charge in [0, 0.05) is 32.1 Å². The molecule has 2 heteroatoms. The minimum absolute atomic E-state index is 1.10. The Hall–Kier alpha value is -7.78. The smallest absolute Gasteiger partial charge is 0.0718 e. The van der Waals surface area contributed by atoms with Gasteiger partial charge in [-0.3, -0.25) is 0 Å². The van der Waals surface area contributed by atoms with Crippen LogP contribution in [0.3, 0.4) is 0 Å². The highest BCUT2D eigenvalue weighted by molar-refractivity contribution is 7.26. The van der Waals surface area contributed by atoms with Gasteiger partial charge < -0.3 is 4.90 Å². The standard InChI is InChI=1S/C60H39NS/c1-3-17-40(18-4-1)48-36-35-46(39-55(48)41-19-5-2-6-20-41)61(59-50-25-10-8-22-45(50)38-56-53-28-14-16-30-58(53)62-60(56)59)57-29-15-13-24-49(57)42-31-33-43(34-32-42)54-37-44-21-7-9-23-47(44)51-26-11-12-27-52(51)54/h1-39H. The van der Waals surface area contributed by atoms with Gasteiger partial charge in [-0.1, -0.05) is 200 Å². The van der Waals surface area contributed by atoms with E-state index < -0.39 is 0 Å². The largest absolute Gasteiger partial charge is 0.308 e. The van der Waals surface area contributed by atoms with Crippen LogP contribution >= 0.6 is 11.3 Å². The second-order valence-electron chi connectivity index (χ2n) is 16.0. The molecule has 0 aliphatic heterocycles. The maximum absolute atomic E-state index is 2.54. The minimum Gasteiger partial charge on any atom is -0.308 e. The highest BCUT2D eigenvalue weighted by atomic mass is 32.1. The maximum Gasteiger partial charge on any atom is 0.0718 e. The highest BCUT2D eigenvalue weighted by Gasteiger charge is 2.25. The topological polar surface area (TPSA) is 3.24 Å². The Kier molecular flexibility index (Phi) is 8.76. The molecule has 0 spiro atoms. The van der Waals surface area contributed by atoms with Crippen LogP contribution in [0.15, 0.2) is 237 Å². The van der Waals surface area contributed by atoms with E-state index in [0.717, 1.165) is 22.5 Å². The first kappa shape index (κ1) is 36.1.